The zero-order valence-electron chi connectivity index (χ0n) is 13.8. The van der Waals surface area contributed by atoms with Crippen molar-refractivity contribution in [2.24, 2.45) is 5.10 Å². The highest BCUT2D eigenvalue weighted by Crippen LogP contribution is 2.32. The molecule has 0 fully saturated rings. The van der Waals surface area contributed by atoms with Crippen LogP contribution in [0, 0.1) is 0 Å². The first-order valence-electron chi connectivity index (χ1n) is 8.12. The van der Waals surface area contributed by atoms with E-state index in [1.165, 1.54) is 6.21 Å². The minimum Gasteiger partial charge on any atom is -0.483 e. The molecule has 3 aromatic carbocycles. The fourth-order valence-corrected chi connectivity index (χ4v) is 2.67. The molecule has 0 spiro atoms. The van der Waals surface area contributed by atoms with E-state index in [4.69, 9.17) is 14.2 Å². The number of carbonyl (C=O) groups excluding carboxylic acids is 1. The minimum atomic E-state index is -0.338. The van der Waals surface area contributed by atoms with Crippen molar-refractivity contribution in [3.05, 3.63) is 66.2 Å². The van der Waals surface area contributed by atoms with E-state index in [0.717, 1.165) is 16.3 Å². The van der Waals surface area contributed by atoms with E-state index in [1.807, 2.05) is 48.5 Å². The summed E-state index contributed by atoms with van der Waals surface area (Å²) in [5.41, 5.74) is 3.25. The topological polar surface area (TPSA) is 69.2 Å². The van der Waals surface area contributed by atoms with Gasteiger partial charge in [0.25, 0.3) is 5.91 Å². The van der Waals surface area contributed by atoms with Crippen molar-refractivity contribution >= 4 is 22.9 Å². The number of hydrazone groups is 1. The maximum Gasteiger partial charge on any atom is 0.277 e. The summed E-state index contributed by atoms with van der Waals surface area (Å²) < 4.78 is 16.2. The number of ether oxygens (including phenoxy) is 3. The molecule has 0 aromatic heterocycles. The van der Waals surface area contributed by atoms with Gasteiger partial charge in [-0.15, -0.1) is 0 Å². The highest BCUT2D eigenvalue weighted by atomic mass is 16.7. The van der Waals surface area contributed by atoms with Gasteiger partial charge in [-0.05, 0) is 35.2 Å². The maximum atomic E-state index is 11.9. The average Bonchev–Trinajstić information content (AvgIpc) is 3.14. The molecule has 6 nitrogen and oxygen atoms in total. The Morgan fingerprint density at radius 3 is 2.88 bits per heavy atom. The van der Waals surface area contributed by atoms with Gasteiger partial charge in [0.15, 0.2) is 18.1 Å². The largest absolute Gasteiger partial charge is 0.483 e. The lowest BCUT2D eigenvalue weighted by atomic mass is 10.1. The molecule has 0 bridgehead atoms. The third-order valence-electron chi connectivity index (χ3n) is 3.91. The summed E-state index contributed by atoms with van der Waals surface area (Å²) in [5.74, 6) is 1.70. The lowest BCUT2D eigenvalue weighted by Crippen LogP contribution is -2.24. The highest BCUT2D eigenvalue weighted by molar-refractivity contribution is 5.89. The van der Waals surface area contributed by atoms with Crippen molar-refractivity contribution in [1.82, 2.24) is 5.43 Å². The normalized spacial score (nSPS) is 12.5. The fourth-order valence-electron chi connectivity index (χ4n) is 2.67. The Morgan fingerprint density at radius 2 is 1.92 bits per heavy atom. The minimum absolute atomic E-state index is 0.119. The van der Waals surface area contributed by atoms with E-state index in [2.05, 4.69) is 10.5 Å². The van der Waals surface area contributed by atoms with E-state index >= 15 is 0 Å². The van der Waals surface area contributed by atoms with Gasteiger partial charge in [0, 0.05) is 5.39 Å². The number of carbonyl (C=O) groups is 1. The van der Waals surface area contributed by atoms with Crippen LogP contribution in [0.3, 0.4) is 0 Å². The van der Waals surface area contributed by atoms with E-state index < -0.39 is 0 Å². The number of nitrogens with zero attached hydrogens (tertiary/aromatic N) is 1. The lowest BCUT2D eigenvalue weighted by molar-refractivity contribution is -0.123. The number of nitrogens with one attached hydrogen (secondary N) is 1. The van der Waals surface area contributed by atoms with E-state index in [1.54, 1.807) is 12.1 Å². The Kier molecular flexibility index (Phi) is 4.38. The Hall–Kier alpha value is -3.54. The maximum absolute atomic E-state index is 11.9. The SMILES string of the molecule is O=C(COc1cccc2ccccc12)N/N=C/c1ccc2c(c1)OCO2. The van der Waals surface area contributed by atoms with Crippen LogP contribution in [0.5, 0.6) is 17.2 Å². The van der Waals surface area contributed by atoms with E-state index in [9.17, 15) is 4.79 Å². The van der Waals surface area contributed by atoms with E-state index in [0.29, 0.717) is 17.2 Å². The third-order valence-corrected chi connectivity index (χ3v) is 3.91. The van der Waals surface area contributed by atoms with Gasteiger partial charge in [-0.25, -0.2) is 5.43 Å². The molecule has 1 N–H and O–H groups in total. The predicted octanol–water partition coefficient (Wildman–Crippen LogP) is 3.10. The summed E-state index contributed by atoms with van der Waals surface area (Å²) in [5, 5.41) is 5.97. The van der Waals surface area contributed by atoms with Gasteiger partial charge in [0.2, 0.25) is 6.79 Å². The quantitative estimate of drug-likeness (QED) is 0.568. The van der Waals surface area contributed by atoms with Crippen LogP contribution in [-0.2, 0) is 4.79 Å². The predicted molar refractivity (Wildman–Crippen MR) is 97.7 cm³/mol. The molecule has 3 aromatic rings. The van der Waals surface area contributed by atoms with Crippen molar-refractivity contribution in [3.63, 3.8) is 0 Å². The molecule has 0 aliphatic carbocycles. The molecule has 26 heavy (non-hydrogen) atoms. The molecule has 130 valence electrons. The van der Waals surface area contributed by atoms with Crippen LogP contribution in [0.4, 0.5) is 0 Å². The summed E-state index contributed by atoms with van der Waals surface area (Å²) in [6.45, 7) is 0.102. The average molecular weight is 348 g/mol. The second-order valence-corrected chi connectivity index (χ2v) is 5.67. The Bertz CT molecular complexity index is 979. The van der Waals surface area contributed by atoms with Crippen LogP contribution in [0.2, 0.25) is 0 Å². The molecule has 1 heterocycles. The van der Waals surface area contributed by atoms with Gasteiger partial charge in [0.1, 0.15) is 5.75 Å². The van der Waals surface area contributed by atoms with Gasteiger partial charge < -0.3 is 14.2 Å². The Labute approximate surface area is 150 Å². The molecule has 0 unspecified atom stereocenters. The summed E-state index contributed by atoms with van der Waals surface area (Å²) in [4.78, 5) is 11.9. The summed E-state index contributed by atoms with van der Waals surface area (Å²) in [6, 6.07) is 19.0. The molecule has 1 amide bonds. The van der Waals surface area contributed by atoms with Gasteiger partial charge in [-0.2, -0.15) is 5.10 Å². The van der Waals surface area contributed by atoms with Crippen LogP contribution in [0.25, 0.3) is 10.8 Å². The Morgan fingerprint density at radius 1 is 1.08 bits per heavy atom. The highest BCUT2D eigenvalue weighted by Gasteiger charge is 2.12. The third kappa shape index (κ3) is 3.44. The second-order valence-electron chi connectivity index (χ2n) is 5.67. The molecule has 1 aliphatic rings. The number of fused-ring (bicyclic) bond motifs is 2. The molecular formula is C20H16N2O4. The van der Waals surface area contributed by atoms with Crippen LogP contribution in [0.15, 0.2) is 65.8 Å². The van der Waals surface area contributed by atoms with Crippen molar-refractivity contribution in [1.29, 1.82) is 0 Å². The standard InChI is InChI=1S/C20H16N2O4/c23-20(12-24-17-7-3-5-15-4-1-2-6-16(15)17)22-21-11-14-8-9-18-19(10-14)26-13-25-18/h1-11H,12-13H2,(H,22,23)/b21-11+. The van der Waals surface area contributed by atoms with Gasteiger partial charge in [0.05, 0.1) is 6.21 Å². The van der Waals surface area contributed by atoms with Crippen LogP contribution in [-0.4, -0.2) is 25.5 Å². The van der Waals surface area contributed by atoms with Gasteiger partial charge >= 0.3 is 0 Å². The molecule has 0 atom stereocenters. The monoisotopic (exact) mass is 348 g/mol. The number of rotatable bonds is 5. The first-order valence-corrected chi connectivity index (χ1v) is 8.12. The second kappa shape index (κ2) is 7.14. The zero-order chi connectivity index (χ0) is 17.8. The van der Waals surface area contributed by atoms with Crippen molar-refractivity contribution < 1.29 is 19.0 Å². The molecule has 1 aliphatic heterocycles. The fraction of sp³-hybridized carbons (Fsp3) is 0.100. The van der Waals surface area contributed by atoms with Crippen molar-refractivity contribution in [2.75, 3.05) is 13.4 Å². The van der Waals surface area contributed by atoms with Crippen LogP contribution in [0.1, 0.15) is 5.56 Å². The van der Waals surface area contributed by atoms with Crippen LogP contribution >= 0.6 is 0 Å². The molecule has 0 saturated carbocycles. The summed E-state index contributed by atoms with van der Waals surface area (Å²) in [6.07, 6.45) is 1.54. The zero-order valence-corrected chi connectivity index (χ0v) is 13.8. The van der Waals surface area contributed by atoms with Crippen molar-refractivity contribution in [3.8, 4) is 17.2 Å². The van der Waals surface area contributed by atoms with Gasteiger partial charge in [-0.1, -0.05) is 36.4 Å². The smallest absolute Gasteiger partial charge is 0.277 e. The first-order chi connectivity index (χ1) is 12.8. The van der Waals surface area contributed by atoms with Crippen LogP contribution < -0.4 is 19.6 Å². The van der Waals surface area contributed by atoms with Gasteiger partial charge in [-0.3, -0.25) is 4.79 Å². The molecular weight excluding hydrogens is 332 g/mol. The summed E-state index contributed by atoms with van der Waals surface area (Å²) >= 11 is 0. The summed E-state index contributed by atoms with van der Waals surface area (Å²) in [7, 11) is 0. The number of amides is 1. The first kappa shape index (κ1) is 16.0. The molecule has 4 rings (SSSR count). The number of hydrogen-bond donors (Lipinski definition) is 1. The van der Waals surface area contributed by atoms with Crippen molar-refractivity contribution in [2.45, 2.75) is 0 Å². The van der Waals surface area contributed by atoms with E-state index in [-0.39, 0.29) is 19.3 Å². The number of hydrogen-bond acceptors (Lipinski definition) is 5. The Balaban J connectivity index is 1.34. The number of benzene rings is 3. The molecule has 0 saturated heterocycles. The lowest BCUT2D eigenvalue weighted by Gasteiger charge is -2.08. The molecule has 0 radical (unpaired) electrons. The molecule has 6 heteroatoms.